The number of carbonyl (C=O) groups is 2. The fraction of sp³-hybridized carbons (Fsp3) is 0.857. The number of carbonyl (C=O) groups excluding carboxylic acids is 1. The molecule has 1 unspecified atom stereocenters. The van der Waals surface area contributed by atoms with E-state index in [4.69, 9.17) is 5.11 Å². The Kier molecular flexibility index (Phi) is 6.26. The number of hydrogen-bond donors (Lipinski definition) is 1. The quantitative estimate of drug-likeness (QED) is 0.827. The van der Waals surface area contributed by atoms with Crippen LogP contribution in [0, 0.1) is 0 Å². The lowest BCUT2D eigenvalue weighted by Crippen LogP contribution is -2.53. The standard InChI is InChI=1S/C14H27N3O3/c1-5-11(2)17(10-13(18)19)14(20)16-8-6-12(7-9-16)15(3)4/h11-12H,5-10H2,1-4H3,(H,18,19). The van der Waals surface area contributed by atoms with E-state index in [0.29, 0.717) is 19.1 Å². The van der Waals surface area contributed by atoms with Gasteiger partial charge >= 0.3 is 12.0 Å². The van der Waals surface area contributed by atoms with Gasteiger partial charge in [-0.15, -0.1) is 0 Å². The molecule has 20 heavy (non-hydrogen) atoms. The summed E-state index contributed by atoms with van der Waals surface area (Å²) in [4.78, 5) is 28.9. The molecule has 6 heteroatoms. The molecule has 1 aliphatic heterocycles. The summed E-state index contributed by atoms with van der Waals surface area (Å²) in [6, 6.07) is 0.319. The van der Waals surface area contributed by atoms with Gasteiger partial charge in [0.05, 0.1) is 0 Å². The number of carboxylic acids is 1. The van der Waals surface area contributed by atoms with E-state index in [1.54, 1.807) is 4.90 Å². The van der Waals surface area contributed by atoms with Crippen molar-refractivity contribution in [2.24, 2.45) is 0 Å². The summed E-state index contributed by atoms with van der Waals surface area (Å²) in [6.07, 6.45) is 2.65. The maximum atomic E-state index is 12.5. The van der Waals surface area contributed by atoms with Crippen molar-refractivity contribution in [3.05, 3.63) is 0 Å². The Hall–Kier alpha value is -1.30. The first kappa shape index (κ1) is 16.8. The summed E-state index contributed by atoms with van der Waals surface area (Å²) >= 11 is 0. The molecule has 0 aromatic rings. The molecular weight excluding hydrogens is 258 g/mol. The average Bonchev–Trinajstić information content (AvgIpc) is 2.43. The van der Waals surface area contributed by atoms with Crippen LogP contribution in [0.15, 0.2) is 0 Å². The lowest BCUT2D eigenvalue weighted by atomic mass is 10.0. The number of amides is 2. The van der Waals surface area contributed by atoms with Gasteiger partial charge in [-0.2, -0.15) is 0 Å². The molecule has 1 saturated heterocycles. The number of aliphatic carboxylic acids is 1. The predicted molar refractivity (Wildman–Crippen MR) is 77.8 cm³/mol. The zero-order chi connectivity index (χ0) is 15.3. The van der Waals surface area contributed by atoms with E-state index in [-0.39, 0.29) is 18.6 Å². The molecule has 0 radical (unpaired) electrons. The SMILES string of the molecule is CCC(C)N(CC(=O)O)C(=O)N1CCC(N(C)C)CC1. The fourth-order valence-corrected chi connectivity index (χ4v) is 2.53. The first-order valence-electron chi connectivity index (χ1n) is 7.30. The van der Waals surface area contributed by atoms with E-state index in [1.165, 1.54) is 4.90 Å². The molecule has 0 bridgehead atoms. The summed E-state index contributed by atoms with van der Waals surface area (Å²) in [6.45, 7) is 5.04. The first-order chi connectivity index (χ1) is 9.36. The maximum absolute atomic E-state index is 12.5. The molecule has 6 nitrogen and oxygen atoms in total. The fourth-order valence-electron chi connectivity index (χ4n) is 2.53. The summed E-state index contributed by atoms with van der Waals surface area (Å²) in [5.74, 6) is -0.957. The molecule has 2 amide bonds. The van der Waals surface area contributed by atoms with E-state index in [9.17, 15) is 9.59 Å². The van der Waals surface area contributed by atoms with Crippen molar-refractivity contribution < 1.29 is 14.7 Å². The monoisotopic (exact) mass is 285 g/mol. The van der Waals surface area contributed by atoms with Crippen molar-refractivity contribution >= 4 is 12.0 Å². The van der Waals surface area contributed by atoms with Crippen LogP contribution in [0.2, 0.25) is 0 Å². The van der Waals surface area contributed by atoms with Gasteiger partial charge in [0.1, 0.15) is 6.54 Å². The normalized spacial score (nSPS) is 18.1. The molecular formula is C14H27N3O3. The van der Waals surface area contributed by atoms with Gasteiger partial charge < -0.3 is 19.8 Å². The Labute approximate surface area is 121 Å². The number of piperidine rings is 1. The van der Waals surface area contributed by atoms with Crippen LogP contribution in [-0.2, 0) is 4.79 Å². The minimum atomic E-state index is -0.957. The zero-order valence-electron chi connectivity index (χ0n) is 13.0. The van der Waals surface area contributed by atoms with Gasteiger partial charge in [0.15, 0.2) is 0 Å². The Balaban J connectivity index is 2.64. The van der Waals surface area contributed by atoms with Crippen LogP contribution in [-0.4, -0.2) is 77.6 Å². The number of nitrogens with zero attached hydrogens (tertiary/aromatic N) is 3. The second-order valence-corrected chi connectivity index (χ2v) is 5.74. The molecule has 1 heterocycles. The lowest BCUT2D eigenvalue weighted by Gasteiger charge is -2.39. The van der Waals surface area contributed by atoms with Crippen LogP contribution in [0.25, 0.3) is 0 Å². The molecule has 1 atom stereocenters. The van der Waals surface area contributed by atoms with Crippen LogP contribution < -0.4 is 0 Å². The van der Waals surface area contributed by atoms with Crippen LogP contribution in [0.3, 0.4) is 0 Å². The molecule has 0 aromatic heterocycles. The molecule has 0 aromatic carbocycles. The van der Waals surface area contributed by atoms with Crippen molar-refractivity contribution in [3.8, 4) is 0 Å². The summed E-state index contributed by atoms with van der Waals surface area (Å²) < 4.78 is 0. The molecule has 1 N–H and O–H groups in total. The van der Waals surface area contributed by atoms with Crippen molar-refractivity contribution in [1.29, 1.82) is 0 Å². The maximum Gasteiger partial charge on any atom is 0.323 e. The summed E-state index contributed by atoms with van der Waals surface area (Å²) in [5.41, 5.74) is 0. The zero-order valence-corrected chi connectivity index (χ0v) is 13.0. The van der Waals surface area contributed by atoms with E-state index >= 15 is 0 Å². The Morgan fingerprint density at radius 1 is 1.30 bits per heavy atom. The third kappa shape index (κ3) is 4.37. The minimum Gasteiger partial charge on any atom is -0.480 e. The predicted octanol–water partition coefficient (Wildman–Crippen LogP) is 1.32. The van der Waals surface area contributed by atoms with E-state index in [1.807, 2.05) is 13.8 Å². The highest BCUT2D eigenvalue weighted by Crippen LogP contribution is 2.17. The van der Waals surface area contributed by atoms with Gasteiger partial charge in [-0.25, -0.2) is 4.79 Å². The second-order valence-electron chi connectivity index (χ2n) is 5.74. The Morgan fingerprint density at radius 2 is 1.85 bits per heavy atom. The number of rotatable bonds is 5. The van der Waals surface area contributed by atoms with Crippen molar-refractivity contribution in [2.45, 2.75) is 45.2 Å². The number of urea groups is 1. The van der Waals surface area contributed by atoms with Gasteiger partial charge in [0.2, 0.25) is 0 Å². The first-order valence-corrected chi connectivity index (χ1v) is 7.30. The summed E-state index contributed by atoms with van der Waals surface area (Å²) in [5, 5.41) is 8.97. The second kappa shape index (κ2) is 7.47. The smallest absolute Gasteiger partial charge is 0.323 e. The van der Waals surface area contributed by atoms with Gasteiger partial charge in [-0.05, 0) is 40.3 Å². The summed E-state index contributed by atoms with van der Waals surface area (Å²) in [7, 11) is 4.11. The highest BCUT2D eigenvalue weighted by molar-refractivity contribution is 5.80. The number of likely N-dealkylation sites (tertiary alicyclic amines) is 1. The highest BCUT2D eigenvalue weighted by Gasteiger charge is 2.29. The van der Waals surface area contributed by atoms with Crippen molar-refractivity contribution in [2.75, 3.05) is 33.7 Å². The largest absolute Gasteiger partial charge is 0.480 e. The van der Waals surface area contributed by atoms with E-state index in [2.05, 4.69) is 19.0 Å². The molecule has 116 valence electrons. The lowest BCUT2D eigenvalue weighted by molar-refractivity contribution is -0.138. The number of hydrogen-bond acceptors (Lipinski definition) is 3. The van der Waals surface area contributed by atoms with Gasteiger partial charge in [0.25, 0.3) is 0 Å². The highest BCUT2D eigenvalue weighted by atomic mass is 16.4. The minimum absolute atomic E-state index is 0.0508. The van der Waals surface area contributed by atoms with Crippen LogP contribution >= 0.6 is 0 Å². The van der Waals surface area contributed by atoms with Crippen LogP contribution in [0.1, 0.15) is 33.1 Å². The third-order valence-corrected chi connectivity index (χ3v) is 4.14. The average molecular weight is 285 g/mol. The van der Waals surface area contributed by atoms with Gasteiger partial charge in [-0.3, -0.25) is 4.79 Å². The molecule has 0 aliphatic carbocycles. The van der Waals surface area contributed by atoms with Gasteiger partial charge in [0, 0.05) is 25.2 Å². The van der Waals surface area contributed by atoms with Crippen molar-refractivity contribution in [3.63, 3.8) is 0 Å². The number of carboxylic acid groups (broad SMARTS) is 1. The van der Waals surface area contributed by atoms with Crippen LogP contribution in [0.5, 0.6) is 0 Å². The molecule has 0 spiro atoms. The third-order valence-electron chi connectivity index (χ3n) is 4.14. The Bertz CT molecular complexity index is 339. The molecule has 1 rings (SSSR count). The topological polar surface area (TPSA) is 64.1 Å². The van der Waals surface area contributed by atoms with Gasteiger partial charge in [-0.1, -0.05) is 6.92 Å². The van der Waals surface area contributed by atoms with E-state index in [0.717, 1.165) is 19.3 Å². The van der Waals surface area contributed by atoms with Crippen LogP contribution in [0.4, 0.5) is 4.79 Å². The Morgan fingerprint density at radius 3 is 2.25 bits per heavy atom. The molecule has 1 aliphatic rings. The molecule has 0 saturated carbocycles. The van der Waals surface area contributed by atoms with Crippen molar-refractivity contribution in [1.82, 2.24) is 14.7 Å². The van der Waals surface area contributed by atoms with E-state index < -0.39 is 5.97 Å². The molecule has 1 fully saturated rings.